The van der Waals surface area contributed by atoms with Crippen molar-refractivity contribution in [2.45, 2.75) is 45.8 Å². The highest BCUT2D eigenvalue weighted by Crippen LogP contribution is 2.12. The monoisotopic (exact) mass is 275 g/mol. The molecular formula is C15H25N5. The lowest BCUT2D eigenvalue weighted by Gasteiger charge is -2.35. The maximum Gasteiger partial charge on any atom is 0.0950 e. The Morgan fingerprint density at radius 3 is 2.60 bits per heavy atom. The minimum Gasteiger partial charge on any atom is -0.295 e. The van der Waals surface area contributed by atoms with E-state index in [0.717, 1.165) is 44.8 Å². The minimum atomic E-state index is 0.0294. The molecule has 0 spiro atoms. The summed E-state index contributed by atoms with van der Waals surface area (Å²) in [6.07, 6.45) is 3.18. The van der Waals surface area contributed by atoms with E-state index in [1.165, 1.54) is 0 Å². The highest BCUT2D eigenvalue weighted by molar-refractivity contribution is 5.00. The quantitative estimate of drug-likeness (QED) is 0.823. The Morgan fingerprint density at radius 1 is 1.30 bits per heavy atom. The second-order valence-corrected chi connectivity index (χ2v) is 5.66. The predicted molar refractivity (Wildman–Crippen MR) is 79.2 cm³/mol. The molecule has 0 radical (unpaired) electrons. The van der Waals surface area contributed by atoms with Crippen LogP contribution in [0.15, 0.2) is 12.3 Å². The third-order valence-electron chi connectivity index (χ3n) is 4.23. The van der Waals surface area contributed by atoms with Crippen LogP contribution in [0, 0.1) is 11.3 Å². The molecule has 2 rings (SSSR count). The molecule has 110 valence electrons. The summed E-state index contributed by atoms with van der Waals surface area (Å²) in [6, 6.07) is 4.93. The SMILES string of the molecule is CCC(C)n1ccc(CN2CCN(C(C)C#N)CC2)n1. The summed E-state index contributed by atoms with van der Waals surface area (Å²) in [7, 11) is 0. The largest absolute Gasteiger partial charge is 0.295 e. The molecule has 1 fully saturated rings. The number of piperazine rings is 1. The first-order valence-corrected chi connectivity index (χ1v) is 7.54. The molecule has 2 heterocycles. The lowest BCUT2D eigenvalue weighted by atomic mass is 10.2. The molecule has 1 aliphatic rings. The maximum atomic E-state index is 8.95. The Bertz CT molecular complexity index is 453. The van der Waals surface area contributed by atoms with Crippen LogP contribution in [0.25, 0.3) is 0 Å². The van der Waals surface area contributed by atoms with Crippen LogP contribution in [0.2, 0.25) is 0 Å². The van der Waals surface area contributed by atoms with Crippen molar-refractivity contribution in [3.63, 3.8) is 0 Å². The average molecular weight is 275 g/mol. The summed E-state index contributed by atoms with van der Waals surface area (Å²) in [5, 5.41) is 13.6. The van der Waals surface area contributed by atoms with Gasteiger partial charge < -0.3 is 0 Å². The lowest BCUT2D eigenvalue weighted by Crippen LogP contribution is -2.48. The molecule has 2 unspecified atom stereocenters. The van der Waals surface area contributed by atoms with Crippen LogP contribution >= 0.6 is 0 Å². The van der Waals surface area contributed by atoms with E-state index in [2.05, 4.69) is 51.8 Å². The van der Waals surface area contributed by atoms with Gasteiger partial charge in [-0.15, -0.1) is 0 Å². The van der Waals surface area contributed by atoms with Gasteiger partial charge in [0.2, 0.25) is 0 Å². The van der Waals surface area contributed by atoms with E-state index < -0.39 is 0 Å². The van der Waals surface area contributed by atoms with Gasteiger partial charge in [-0.3, -0.25) is 14.5 Å². The summed E-state index contributed by atoms with van der Waals surface area (Å²) in [4.78, 5) is 4.66. The van der Waals surface area contributed by atoms with Crippen molar-refractivity contribution in [2.24, 2.45) is 0 Å². The minimum absolute atomic E-state index is 0.0294. The van der Waals surface area contributed by atoms with Crippen LogP contribution in [-0.2, 0) is 6.54 Å². The molecule has 5 nitrogen and oxygen atoms in total. The first-order chi connectivity index (χ1) is 9.63. The fourth-order valence-corrected chi connectivity index (χ4v) is 2.51. The normalized spacial score (nSPS) is 20.5. The van der Waals surface area contributed by atoms with Crippen molar-refractivity contribution in [3.8, 4) is 6.07 Å². The Morgan fingerprint density at radius 2 is 2.00 bits per heavy atom. The van der Waals surface area contributed by atoms with E-state index in [1.54, 1.807) is 0 Å². The number of aromatic nitrogens is 2. The first kappa shape index (κ1) is 15.0. The average Bonchev–Trinajstić information content (AvgIpc) is 2.95. The predicted octanol–water partition coefficient (Wildman–Crippen LogP) is 1.88. The zero-order chi connectivity index (χ0) is 14.5. The molecule has 0 N–H and O–H groups in total. The molecule has 0 saturated carbocycles. The summed E-state index contributed by atoms with van der Waals surface area (Å²) in [6.45, 7) is 11.2. The molecule has 1 aromatic heterocycles. The molecule has 0 bridgehead atoms. The van der Waals surface area contributed by atoms with E-state index in [-0.39, 0.29) is 6.04 Å². The zero-order valence-electron chi connectivity index (χ0n) is 12.8. The molecular weight excluding hydrogens is 250 g/mol. The standard InChI is InChI=1S/C15H25N5/c1-4-13(2)20-6-5-15(17-20)12-18-7-9-19(10-8-18)14(3)11-16/h5-6,13-14H,4,7-10,12H2,1-3H3. The van der Waals surface area contributed by atoms with E-state index in [1.807, 2.05) is 6.92 Å². The third kappa shape index (κ3) is 3.59. The van der Waals surface area contributed by atoms with Crippen LogP contribution < -0.4 is 0 Å². The summed E-state index contributed by atoms with van der Waals surface area (Å²) in [5.74, 6) is 0. The van der Waals surface area contributed by atoms with Crippen LogP contribution in [-0.4, -0.2) is 51.8 Å². The highest BCUT2D eigenvalue weighted by atomic mass is 15.3. The fraction of sp³-hybridized carbons (Fsp3) is 0.733. The second kappa shape index (κ2) is 6.87. The van der Waals surface area contributed by atoms with Gasteiger partial charge in [0.15, 0.2) is 0 Å². The second-order valence-electron chi connectivity index (χ2n) is 5.66. The Labute approximate surface area is 121 Å². The number of nitrogens with zero attached hydrogens (tertiary/aromatic N) is 5. The van der Waals surface area contributed by atoms with Gasteiger partial charge >= 0.3 is 0 Å². The zero-order valence-corrected chi connectivity index (χ0v) is 12.8. The molecule has 20 heavy (non-hydrogen) atoms. The summed E-state index contributed by atoms with van der Waals surface area (Å²) >= 11 is 0. The van der Waals surface area contributed by atoms with Crippen molar-refractivity contribution in [1.29, 1.82) is 5.26 Å². The topological polar surface area (TPSA) is 48.1 Å². The van der Waals surface area contributed by atoms with Gasteiger partial charge in [0.05, 0.1) is 17.8 Å². The third-order valence-corrected chi connectivity index (χ3v) is 4.23. The van der Waals surface area contributed by atoms with E-state index >= 15 is 0 Å². The van der Waals surface area contributed by atoms with Crippen molar-refractivity contribution >= 4 is 0 Å². The van der Waals surface area contributed by atoms with E-state index in [0.29, 0.717) is 6.04 Å². The smallest absolute Gasteiger partial charge is 0.0950 e. The lowest BCUT2D eigenvalue weighted by molar-refractivity contribution is 0.113. The molecule has 0 aliphatic carbocycles. The van der Waals surface area contributed by atoms with Crippen LogP contribution in [0.5, 0.6) is 0 Å². The van der Waals surface area contributed by atoms with Crippen molar-refractivity contribution in [1.82, 2.24) is 19.6 Å². The van der Waals surface area contributed by atoms with Gasteiger partial charge in [-0.05, 0) is 26.3 Å². The van der Waals surface area contributed by atoms with E-state index in [4.69, 9.17) is 5.26 Å². The molecule has 0 aromatic carbocycles. The van der Waals surface area contributed by atoms with Gasteiger partial charge in [-0.1, -0.05) is 6.92 Å². The van der Waals surface area contributed by atoms with Gasteiger partial charge in [0.25, 0.3) is 0 Å². The Balaban J connectivity index is 1.84. The first-order valence-electron chi connectivity index (χ1n) is 7.54. The van der Waals surface area contributed by atoms with Gasteiger partial charge in [0.1, 0.15) is 0 Å². The number of nitriles is 1. The Hall–Kier alpha value is -1.38. The molecule has 1 aliphatic heterocycles. The molecule has 0 amide bonds. The van der Waals surface area contributed by atoms with Crippen LogP contribution in [0.3, 0.4) is 0 Å². The van der Waals surface area contributed by atoms with Crippen molar-refractivity contribution in [2.75, 3.05) is 26.2 Å². The highest BCUT2D eigenvalue weighted by Gasteiger charge is 2.21. The molecule has 1 saturated heterocycles. The van der Waals surface area contributed by atoms with Crippen LogP contribution in [0.4, 0.5) is 0 Å². The summed E-state index contributed by atoms with van der Waals surface area (Å²) in [5.41, 5.74) is 1.15. The van der Waals surface area contributed by atoms with E-state index in [9.17, 15) is 0 Å². The number of rotatable bonds is 5. The Kier molecular flexibility index (Phi) is 5.16. The maximum absolute atomic E-state index is 8.95. The molecule has 5 heteroatoms. The van der Waals surface area contributed by atoms with Gasteiger partial charge in [-0.25, -0.2) is 0 Å². The number of hydrogen-bond donors (Lipinski definition) is 0. The summed E-state index contributed by atoms with van der Waals surface area (Å²) < 4.78 is 2.06. The molecule has 1 aromatic rings. The van der Waals surface area contributed by atoms with Gasteiger partial charge in [-0.2, -0.15) is 10.4 Å². The van der Waals surface area contributed by atoms with Crippen molar-refractivity contribution in [3.05, 3.63) is 18.0 Å². The fourth-order valence-electron chi connectivity index (χ4n) is 2.51. The van der Waals surface area contributed by atoms with Gasteiger partial charge in [0, 0.05) is 45.0 Å². The van der Waals surface area contributed by atoms with Crippen molar-refractivity contribution < 1.29 is 0 Å². The van der Waals surface area contributed by atoms with Crippen LogP contribution in [0.1, 0.15) is 38.9 Å². The molecule has 2 atom stereocenters. The number of hydrogen-bond acceptors (Lipinski definition) is 4.